The van der Waals surface area contributed by atoms with Crippen molar-refractivity contribution in [3.8, 4) is 17.0 Å². The number of phenols is 1. The molecule has 0 aliphatic carbocycles. The molecular formula is C27H19F3N4O4. The van der Waals surface area contributed by atoms with E-state index in [1.54, 1.807) is 42.5 Å². The summed E-state index contributed by atoms with van der Waals surface area (Å²) in [5, 5.41) is 22.4. The summed E-state index contributed by atoms with van der Waals surface area (Å²) in [7, 11) is 0. The second-order valence-electron chi connectivity index (χ2n) is 8.48. The molecule has 0 bridgehead atoms. The standard InChI is InChI=1S/C27H19F3N4O4/c1-14-9-10-17(21(35)11-14)19-13-20(34-33-19)25(36)32-23-18-7-2-3-8-22(18)38-24(23)26(37)31-16-6-4-5-15(12-16)27(28,29)30/h2-13,35H,1H3,(H,31,37)(H,32,36)(H,33,34). The number of phenolic OH excluding ortho intramolecular Hbond substituents is 1. The van der Waals surface area contributed by atoms with Crippen LogP contribution in [0.3, 0.4) is 0 Å². The van der Waals surface area contributed by atoms with Crippen molar-refractivity contribution >= 4 is 34.2 Å². The molecule has 192 valence electrons. The Balaban J connectivity index is 1.44. The molecule has 5 rings (SSSR count). The van der Waals surface area contributed by atoms with Gasteiger partial charge in [-0.2, -0.15) is 18.3 Å². The molecular weight excluding hydrogens is 501 g/mol. The molecule has 0 saturated carbocycles. The van der Waals surface area contributed by atoms with Crippen molar-refractivity contribution in [1.82, 2.24) is 10.2 Å². The predicted molar refractivity (Wildman–Crippen MR) is 134 cm³/mol. The van der Waals surface area contributed by atoms with Crippen LogP contribution in [0.2, 0.25) is 0 Å². The van der Waals surface area contributed by atoms with E-state index in [-0.39, 0.29) is 34.2 Å². The van der Waals surface area contributed by atoms with Crippen molar-refractivity contribution in [2.45, 2.75) is 13.1 Å². The lowest BCUT2D eigenvalue weighted by atomic mass is 10.1. The quantitative estimate of drug-likeness (QED) is 0.215. The zero-order chi connectivity index (χ0) is 27.0. The van der Waals surface area contributed by atoms with E-state index in [1.165, 1.54) is 18.2 Å². The van der Waals surface area contributed by atoms with Crippen molar-refractivity contribution < 1.29 is 32.3 Å². The first-order valence-corrected chi connectivity index (χ1v) is 11.3. The number of nitrogens with zero attached hydrogens (tertiary/aromatic N) is 1. The number of amides is 2. The number of carbonyl (C=O) groups is 2. The van der Waals surface area contributed by atoms with E-state index in [2.05, 4.69) is 20.8 Å². The van der Waals surface area contributed by atoms with Gasteiger partial charge in [-0.05, 0) is 61.0 Å². The number of carbonyl (C=O) groups excluding carboxylic acids is 2. The van der Waals surface area contributed by atoms with Crippen LogP contribution in [0.25, 0.3) is 22.2 Å². The summed E-state index contributed by atoms with van der Waals surface area (Å²) >= 11 is 0. The van der Waals surface area contributed by atoms with Crippen LogP contribution in [-0.2, 0) is 6.18 Å². The molecule has 2 aromatic heterocycles. The Kier molecular flexibility index (Phi) is 6.11. The first-order chi connectivity index (χ1) is 18.1. The highest BCUT2D eigenvalue weighted by atomic mass is 19.4. The largest absolute Gasteiger partial charge is 0.507 e. The number of fused-ring (bicyclic) bond motifs is 1. The first kappa shape index (κ1) is 24.6. The lowest BCUT2D eigenvalue weighted by Crippen LogP contribution is -2.17. The molecule has 11 heteroatoms. The fraction of sp³-hybridized carbons (Fsp3) is 0.0741. The van der Waals surface area contributed by atoms with Crippen LogP contribution < -0.4 is 10.6 Å². The third-order valence-corrected chi connectivity index (χ3v) is 5.74. The highest BCUT2D eigenvalue weighted by molar-refractivity contribution is 6.16. The number of aryl methyl sites for hydroxylation is 1. The SMILES string of the molecule is Cc1ccc(-c2cc(C(=O)Nc3c(C(=O)Nc4cccc(C(F)(F)F)c4)oc4ccccc34)[nH]n2)c(O)c1. The Morgan fingerprint density at radius 1 is 0.947 bits per heavy atom. The molecule has 2 amide bonds. The van der Waals surface area contributed by atoms with Crippen LogP contribution in [0, 0.1) is 6.92 Å². The van der Waals surface area contributed by atoms with Crippen LogP contribution in [0.15, 0.2) is 77.2 Å². The summed E-state index contributed by atoms with van der Waals surface area (Å²) in [6.07, 6.45) is -4.59. The number of aromatic hydroxyl groups is 1. The van der Waals surface area contributed by atoms with Crippen molar-refractivity contribution in [3.63, 3.8) is 0 Å². The Morgan fingerprint density at radius 3 is 2.50 bits per heavy atom. The third-order valence-electron chi connectivity index (χ3n) is 5.74. The van der Waals surface area contributed by atoms with E-state index in [9.17, 15) is 27.9 Å². The van der Waals surface area contributed by atoms with Crippen molar-refractivity contribution in [3.05, 3.63) is 95.4 Å². The number of anilines is 2. The van der Waals surface area contributed by atoms with Crippen LogP contribution in [-0.4, -0.2) is 27.1 Å². The van der Waals surface area contributed by atoms with Crippen molar-refractivity contribution in [2.75, 3.05) is 10.6 Å². The number of rotatable bonds is 5. The number of furan rings is 1. The number of nitrogens with one attached hydrogen (secondary N) is 3. The second-order valence-corrected chi connectivity index (χ2v) is 8.48. The number of para-hydroxylation sites is 1. The molecule has 4 N–H and O–H groups in total. The number of benzene rings is 3. The number of hydrogen-bond acceptors (Lipinski definition) is 5. The van der Waals surface area contributed by atoms with Gasteiger partial charge in [-0.3, -0.25) is 14.7 Å². The number of alkyl halides is 3. The summed E-state index contributed by atoms with van der Waals surface area (Å²) in [6.45, 7) is 1.82. The van der Waals surface area contributed by atoms with Crippen molar-refractivity contribution in [2.24, 2.45) is 0 Å². The maximum Gasteiger partial charge on any atom is 0.416 e. The molecule has 0 spiro atoms. The highest BCUT2D eigenvalue weighted by Crippen LogP contribution is 2.34. The first-order valence-electron chi connectivity index (χ1n) is 11.3. The van der Waals surface area contributed by atoms with Crippen molar-refractivity contribution in [1.29, 1.82) is 0 Å². The van der Waals surface area contributed by atoms with E-state index in [1.807, 2.05) is 6.92 Å². The van der Waals surface area contributed by atoms with Gasteiger partial charge < -0.3 is 20.2 Å². The van der Waals surface area contributed by atoms with E-state index in [0.29, 0.717) is 16.6 Å². The normalized spacial score (nSPS) is 11.5. The van der Waals surface area contributed by atoms with Crippen LogP contribution in [0.1, 0.15) is 32.2 Å². The molecule has 0 aliphatic rings. The summed E-state index contributed by atoms with van der Waals surface area (Å²) in [6, 6.07) is 17.2. The van der Waals surface area contributed by atoms with E-state index in [4.69, 9.17) is 4.42 Å². The van der Waals surface area contributed by atoms with Crippen LogP contribution >= 0.6 is 0 Å². The molecule has 0 radical (unpaired) electrons. The minimum atomic E-state index is -4.59. The van der Waals surface area contributed by atoms with Gasteiger partial charge in [0, 0.05) is 16.6 Å². The van der Waals surface area contributed by atoms with Gasteiger partial charge in [0.1, 0.15) is 22.7 Å². The predicted octanol–water partition coefficient (Wildman–Crippen LogP) is 6.36. The maximum absolute atomic E-state index is 13.1. The number of hydrogen-bond donors (Lipinski definition) is 4. The van der Waals surface area contributed by atoms with Gasteiger partial charge in [0.15, 0.2) is 0 Å². The summed E-state index contributed by atoms with van der Waals surface area (Å²) in [4.78, 5) is 26.1. The van der Waals surface area contributed by atoms with Gasteiger partial charge in [-0.25, -0.2) is 0 Å². The molecule has 8 nitrogen and oxygen atoms in total. The van der Waals surface area contributed by atoms with Gasteiger partial charge in [0.25, 0.3) is 11.8 Å². The average molecular weight is 520 g/mol. The molecule has 0 aliphatic heterocycles. The number of H-pyrrole nitrogens is 1. The second kappa shape index (κ2) is 9.43. The number of aromatic nitrogens is 2. The van der Waals surface area contributed by atoms with Gasteiger partial charge in [-0.15, -0.1) is 0 Å². The number of aromatic amines is 1. The zero-order valence-electron chi connectivity index (χ0n) is 19.7. The molecule has 2 heterocycles. The summed E-state index contributed by atoms with van der Waals surface area (Å²) in [5.74, 6) is -1.81. The minimum Gasteiger partial charge on any atom is -0.507 e. The fourth-order valence-corrected chi connectivity index (χ4v) is 3.91. The van der Waals surface area contributed by atoms with Crippen LogP contribution in [0.4, 0.5) is 24.5 Å². The van der Waals surface area contributed by atoms with E-state index >= 15 is 0 Å². The lowest BCUT2D eigenvalue weighted by molar-refractivity contribution is -0.137. The molecule has 0 fully saturated rings. The topological polar surface area (TPSA) is 120 Å². The molecule has 5 aromatic rings. The minimum absolute atomic E-state index is 0.00200. The summed E-state index contributed by atoms with van der Waals surface area (Å²) in [5.41, 5.74) is 0.920. The Bertz CT molecular complexity index is 1690. The Morgan fingerprint density at radius 2 is 1.74 bits per heavy atom. The van der Waals surface area contributed by atoms with Gasteiger partial charge in [0.2, 0.25) is 5.76 Å². The van der Waals surface area contributed by atoms with Gasteiger partial charge in [-0.1, -0.05) is 24.3 Å². The fourth-order valence-electron chi connectivity index (χ4n) is 3.91. The lowest BCUT2D eigenvalue weighted by Gasteiger charge is -2.10. The molecule has 0 unspecified atom stereocenters. The summed E-state index contributed by atoms with van der Waals surface area (Å²) < 4.78 is 44.9. The Labute approximate surface area is 213 Å². The third kappa shape index (κ3) is 4.81. The Hall–Kier alpha value is -5.06. The van der Waals surface area contributed by atoms with Gasteiger partial charge >= 0.3 is 6.18 Å². The number of halogens is 3. The zero-order valence-corrected chi connectivity index (χ0v) is 19.7. The smallest absolute Gasteiger partial charge is 0.416 e. The van der Waals surface area contributed by atoms with E-state index in [0.717, 1.165) is 17.7 Å². The highest BCUT2D eigenvalue weighted by Gasteiger charge is 2.31. The molecule has 0 saturated heterocycles. The van der Waals surface area contributed by atoms with E-state index < -0.39 is 23.6 Å². The van der Waals surface area contributed by atoms with Crippen LogP contribution in [0.5, 0.6) is 5.75 Å². The average Bonchev–Trinajstić information content (AvgIpc) is 3.49. The van der Waals surface area contributed by atoms with Gasteiger partial charge in [0.05, 0.1) is 11.3 Å². The molecule has 0 atom stereocenters. The molecule has 38 heavy (non-hydrogen) atoms. The molecule has 3 aromatic carbocycles. The maximum atomic E-state index is 13.1. The monoisotopic (exact) mass is 520 g/mol.